The number of halogens is 1. The van der Waals surface area contributed by atoms with Crippen LogP contribution in [0.25, 0.3) is 5.57 Å². The highest BCUT2D eigenvalue weighted by atomic mass is 19.1. The van der Waals surface area contributed by atoms with E-state index in [1.165, 1.54) is 36.3 Å². The first-order valence-electron chi connectivity index (χ1n) is 10.2. The predicted octanol–water partition coefficient (Wildman–Crippen LogP) is 5.16. The molecule has 0 saturated heterocycles. The second-order valence-electron chi connectivity index (χ2n) is 7.82. The Bertz CT molecular complexity index is 1260. The zero-order valence-electron chi connectivity index (χ0n) is 18.3. The topological polar surface area (TPSA) is 58.6 Å². The molecule has 3 aromatic rings. The number of aryl methyl sites for hydroxylation is 3. The van der Waals surface area contributed by atoms with Crippen molar-refractivity contribution in [2.24, 2.45) is 0 Å². The fraction of sp³-hybridized carbons (Fsp3) is 0.154. The molecule has 162 valence electrons. The van der Waals surface area contributed by atoms with Gasteiger partial charge in [-0.15, -0.1) is 0 Å². The van der Waals surface area contributed by atoms with Crippen molar-refractivity contribution < 1.29 is 18.7 Å². The van der Waals surface area contributed by atoms with Gasteiger partial charge in [-0.3, -0.25) is 9.59 Å². The van der Waals surface area contributed by atoms with Gasteiger partial charge >= 0.3 is 0 Å². The summed E-state index contributed by atoms with van der Waals surface area (Å²) in [6, 6.07) is 16.7. The van der Waals surface area contributed by atoms with Crippen molar-refractivity contribution in [3.05, 3.63) is 94.4 Å². The van der Waals surface area contributed by atoms with Gasteiger partial charge in [0, 0.05) is 0 Å². The number of rotatable bonds is 5. The number of nitrogens with zero attached hydrogens (tertiary/aromatic N) is 1. The van der Waals surface area contributed by atoms with E-state index in [4.69, 9.17) is 4.74 Å². The summed E-state index contributed by atoms with van der Waals surface area (Å²) < 4.78 is 19.0. The first-order chi connectivity index (χ1) is 15.3. The van der Waals surface area contributed by atoms with Crippen LogP contribution in [-0.2, 0) is 9.59 Å². The van der Waals surface area contributed by atoms with Crippen LogP contribution in [0.3, 0.4) is 0 Å². The van der Waals surface area contributed by atoms with Crippen LogP contribution in [-0.4, -0.2) is 18.9 Å². The smallest absolute Gasteiger partial charge is 0.282 e. The van der Waals surface area contributed by atoms with Crippen molar-refractivity contribution in [1.29, 1.82) is 0 Å². The monoisotopic (exact) mass is 430 g/mol. The second kappa shape index (κ2) is 8.30. The Morgan fingerprint density at radius 3 is 2.19 bits per heavy atom. The lowest BCUT2D eigenvalue weighted by atomic mass is 10.0. The van der Waals surface area contributed by atoms with E-state index in [0.717, 1.165) is 16.7 Å². The third-order valence-electron chi connectivity index (χ3n) is 5.44. The molecule has 32 heavy (non-hydrogen) atoms. The van der Waals surface area contributed by atoms with E-state index >= 15 is 0 Å². The lowest BCUT2D eigenvalue weighted by molar-refractivity contribution is -0.120. The van der Waals surface area contributed by atoms with Crippen LogP contribution in [0.4, 0.5) is 15.8 Å². The molecular formula is C26H23FN2O3. The lowest BCUT2D eigenvalue weighted by Gasteiger charge is -2.19. The average molecular weight is 430 g/mol. The molecule has 0 radical (unpaired) electrons. The fourth-order valence-electron chi connectivity index (χ4n) is 3.76. The molecule has 1 aliphatic rings. The van der Waals surface area contributed by atoms with Crippen LogP contribution in [0.2, 0.25) is 0 Å². The molecule has 0 aromatic heterocycles. The van der Waals surface area contributed by atoms with Gasteiger partial charge in [0.25, 0.3) is 11.8 Å². The number of carbonyl (C=O) groups excluding carboxylic acids is 2. The van der Waals surface area contributed by atoms with Crippen molar-refractivity contribution in [3.8, 4) is 5.75 Å². The van der Waals surface area contributed by atoms with Gasteiger partial charge in [0.05, 0.1) is 24.1 Å². The van der Waals surface area contributed by atoms with Crippen LogP contribution in [0.5, 0.6) is 5.75 Å². The average Bonchev–Trinajstić information content (AvgIpc) is 3.00. The van der Waals surface area contributed by atoms with Crippen LogP contribution in [0.1, 0.15) is 22.3 Å². The number of carbonyl (C=O) groups is 2. The first-order valence-corrected chi connectivity index (χ1v) is 10.2. The largest absolute Gasteiger partial charge is 0.495 e. The minimum Gasteiger partial charge on any atom is -0.495 e. The summed E-state index contributed by atoms with van der Waals surface area (Å²) in [6.07, 6.45) is 0. The highest BCUT2D eigenvalue weighted by Gasteiger charge is 2.41. The SMILES string of the molecule is COc1ccc(C)cc1NC1=C(c2ccc(F)cc2)C(=O)N(c2cc(C)ccc2C)C1=O. The maximum atomic E-state index is 13.6. The summed E-state index contributed by atoms with van der Waals surface area (Å²) >= 11 is 0. The number of hydrogen-bond acceptors (Lipinski definition) is 4. The maximum Gasteiger partial charge on any atom is 0.282 e. The third-order valence-corrected chi connectivity index (χ3v) is 5.44. The minimum atomic E-state index is -0.480. The van der Waals surface area contributed by atoms with Gasteiger partial charge in [0.15, 0.2) is 0 Å². The van der Waals surface area contributed by atoms with Crippen molar-refractivity contribution >= 4 is 28.8 Å². The second-order valence-corrected chi connectivity index (χ2v) is 7.82. The van der Waals surface area contributed by atoms with Gasteiger partial charge < -0.3 is 10.1 Å². The Labute approximate surface area is 186 Å². The van der Waals surface area contributed by atoms with E-state index in [-0.39, 0.29) is 11.3 Å². The number of hydrogen-bond donors (Lipinski definition) is 1. The molecule has 0 atom stereocenters. The number of ether oxygens (including phenoxy) is 1. The van der Waals surface area contributed by atoms with Crippen LogP contribution < -0.4 is 15.0 Å². The molecular weight excluding hydrogens is 407 g/mol. The number of methoxy groups -OCH3 is 1. The van der Waals surface area contributed by atoms with Gasteiger partial charge in [0.2, 0.25) is 0 Å². The van der Waals surface area contributed by atoms with Gasteiger partial charge in [-0.25, -0.2) is 9.29 Å². The summed E-state index contributed by atoms with van der Waals surface area (Å²) in [6.45, 7) is 5.67. The van der Waals surface area contributed by atoms with Gasteiger partial charge in [-0.05, 0) is 73.4 Å². The van der Waals surface area contributed by atoms with E-state index in [9.17, 15) is 14.0 Å². The number of anilines is 2. The number of nitrogens with one attached hydrogen (secondary N) is 1. The molecule has 0 aliphatic carbocycles. The van der Waals surface area contributed by atoms with Gasteiger partial charge in [0.1, 0.15) is 17.3 Å². The number of imide groups is 1. The molecule has 1 N–H and O–H groups in total. The first kappa shape index (κ1) is 21.3. The van der Waals surface area contributed by atoms with Crippen LogP contribution >= 0.6 is 0 Å². The van der Waals surface area contributed by atoms with Crippen molar-refractivity contribution in [2.75, 3.05) is 17.3 Å². The predicted molar refractivity (Wildman–Crippen MR) is 123 cm³/mol. The highest BCUT2D eigenvalue weighted by Crippen LogP contribution is 2.37. The summed E-state index contributed by atoms with van der Waals surface area (Å²) in [7, 11) is 1.54. The molecule has 1 heterocycles. The molecule has 0 unspecified atom stereocenters. The van der Waals surface area contributed by atoms with Crippen molar-refractivity contribution in [3.63, 3.8) is 0 Å². The summed E-state index contributed by atoms with van der Waals surface area (Å²) in [5.41, 5.74) is 4.51. The van der Waals surface area contributed by atoms with E-state index in [0.29, 0.717) is 22.7 Å². The minimum absolute atomic E-state index is 0.117. The number of amides is 2. The molecule has 6 heteroatoms. The quantitative estimate of drug-likeness (QED) is 0.569. The summed E-state index contributed by atoms with van der Waals surface area (Å²) in [5.74, 6) is -0.838. The van der Waals surface area contributed by atoms with Crippen molar-refractivity contribution in [2.45, 2.75) is 20.8 Å². The molecule has 1 aliphatic heterocycles. The molecule has 0 bridgehead atoms. The Morgan fingerprint density at radius 2 is 1.50 bits per heavy atom. The number of benzene rings is 3. The standard InChI is InChI=1S/C26H23FN2O3/c1-15-6-12-22(32-4)20(13-15)28-24-23(18-8-10-19(27)11-9-18)25(30)29(26(24)31)21-14-16(2)5-7-17(21)3/h5-14,28H,1-4H3. The zero-order chi connectivity index (χ0) is 23.0. The maximum absolute atomic E-state index is 13.6. The Morgan fingerprint density at radius 1 is 0.844 bits per heavy atom. The van der Waals surface area contributed by atoms with E-state index < -0.39 is 17.6 Å². The molecule has 3 aromatic carbocycles. The Balaban J connectivity index is 1.88. The molecule has 0 spiro atoms. The van der Waals surface area contributed by atoms with Gasteiger partial charge in [-0.1, -0.05) is 30.3 Å². The summed E-state index contributed by atoms with van der Waals surface area (Å²) in [5, 5.41) is 3.13. The lowest BCUT2D eigenvalue weighted by Crippen LogP contribution is -2.33. The molecule has 2 amide bonds. The summed E-state index contributed by atoms with van der Waals surface area (Å²) in [4.78, 5) is 28.3. The van der Waals surface area contributed by atoms with E-state index in [1.54, 1.807) is 6.07 Å². The van der Waals surface area contributed by atoms with Crippen LogP contribution in [0.15, 0.2) is 66.4 Å². The molecule has 0 fully saturated rings. The fourth-order valence-corrected chi connectivity index (χ4v) is 3.76. The van der Waals surface area contributed by atoms with E-state index in [1.807, 2.05) is 51.1 Å². The Hall–Kier alpha value is -3.93. The third kappa shape index (κ3) is 3.75. The van der Waals surface area contributed by atoms with Crippen LogP contribution in [0, 0.1) is 26.6 Å². The molecule has 5 nitrogen and oxygen atoms in total. The van der Waals surface area contributed by atoms with E-state index in [2.05, 4.69) is 5.32 Å². The highest BCUT2D eigenvalue weighted by molar-refractivity contribution is 6.46. The van der Waals surface area contributed by atoms with Crippen molar-refractivity contribution in [1.82, 2.24) is 0 Å². The van der Waals surface area contributed by atoms with Gasteiger partial charge in [-0.2, -0.15) is 0 Å². The zero-order valence-corrected chi connectivity index (χ0v) is 18.3. The molecule has 4 rings (SSSR count). The normalized spacial score (nSPS) is 13.7. The Kier molecular flexibility index (Phi) is 5.53. The molecule has 0 saturated carbocycles.